The van der Waals surface area contributed by atoms with Gasteiger partial charge in [0.15, 0.2) is 0 Å². The van der Waals surface area contributed by atoms with Crippen molar-refractivity contribution in [1.29, 1.82) is 0 Å². The topological polar surface area (TPSA) is 61.9 Å². The Bertz CT molecular complexity index is 679. The fourth-order valence-corrected chi connectivity index (χ4v) is 3.34. The van der Waals surface area contributed by atoms with Gasteiger partial charge in [-0.1, -0.05) is 12.1 Å². The van der Waals surface area contributed by atoms with Crippen molar-refractivity contribution in [3.63, 3.8) is 0 Å². The largest absolute Gasteiger partial charge is 0.493 e. The monoisotopic (exact) mass is 373 g/mol. The summed E-state index contributed by atoms with van der Waals surface area (Å²) in [6.07, 6.45) is 2.58. The highest BCUT2D eigenvalue weighted by atomic mass is 16.5. The van der Waals surface area contributed by atoms with Crippen LogP contribution in [-0.2, 0) is 9.59 Å². The van der Waals surface area contributed by atoms with Gasteiger partial charge in [0.1, 0.15) is 5.75 Å². The molecular weight excluding hydrogens is 342 g/mol. The molecular formula is C21H31N3O3. The number of amides is 2. The second kappa shape index (κ2) is 8.74. The second-order valence-corrected chi connectivity index (χ2v) is 7.74. The third-order valence-corrected chi connectivity index (χ3v) is 5.44. The van der Waals surface area contributed by atoms with Crippen molar-refractivity contribution >= 4 is 11.8 Å². The van der Waals surface area contributed by atoms with Gasteiger partial charge in [-0.3, -0.25) is 14.5 Å². The highest BCUT2D eigenvalue weighted by molar-refractivity contribution is 5.82. The normalized spacial score (nSPS) is 18.9. The maximum Gasteiger partial charge on any atom is 0.237 e. The molecule has 6 heteroatoms. The van der Waals surface area contributed by atoms with Gasteiger partial charge in [0.2, 0.25) is 11.8 Å². The molecule has 1 heterocycles. The predicted octanol–water partition coefficient (Wildman–Crippen LogP) is 1.88. The van der Waals surface area contributed by atoms with Crippen LogP contribution in [0.4, 0.5) is 0 Å². The molecule has 1 unspecified atom stereocenters. The number of aryl methyl sites for hydroxylation is 2. The van der Waals surface area contributed by atoms with Crippen LogP contribution in [0.3, 0.4) is 0 Å². The zero-order valence-corrected chi connectivity index (χ0v) is 16.7. The Morgan fingerprint density at radius 1 is 1.19 bits per heavy atom. The van der Waals surface area contributed by atoms with Gasteiger partial charge in [-0.2, -0.15) is 0 Å². The van der Waals surface area contributed by atoms with Crippen molar-refractivity contribution in [1.82, 2.24) is 15.1 Å². The predicted molar refractivity (Wildman–Crippen MR) is 105 cm³/mol. The standard InChI is InChI=1S/C21H31N3O3/c1-15-4-5-16(2)19(14-15)27-13-8-20(25)24-11-9-23(10-12-24)17(3)21(26)22-18-6-7-18/h4-5,14,17-18H,6-13H2,1-3H3,(H,22,26). The Morgan fingerprint density at radius 2 is 1.89 bits per heavy atom. The Kier molecular flexibility index (Phi) is 6.37. The fourth-order valence-electron chi connectivity index (χ4n) is 3.34. The maximum atomic E-state index is 12.5. The Morgan fingerprint density at radius 3 is 2.56 bits per heavy atom. The zero-order chi connectivity index (χ0) is 19.4. The third-order valence-electron chi connectivity index (χ3n) is 5.44. The first-order chi connectivity index (χ1) is 12.9. The Balaban J connectivity index is 1.39. The van der Waals surface area contributed by atoms with Crippen LogP contribution >= 0.6 is 0 Å². The summed E-state index contributed by atoms with van der Waals surface area (Å²) < 4.78 is 5.80. The number of rotatable bonds is 7. The van der Waals surface area contributed by atoms with E-state index in [9.17, 15) is 9.59 Å². The summed E-state index contributed by atoms with van der Waals surface area (Å²) >= 11 is 0. The second-order valence-electron chi connectivity index (χ2n) is 7.74. The molecule has 0 spiro atoms. The van der Waals surface area contributed by atoms with Gasteiger partial charge < -0.3 is 15.0 Å². The van der Waals surface area contributed by atoms with Crippen molar-refractivity contribution in [2.75, 3.05) is 32.8 Å². The lowest BCUT2D eigenvalue weighted by Gasteiger charge is -2.37. The van der Waals surface area contributed by atoms with E-state index in [1.807, 2.05) is 37.8 Å². The van der Waals surface area contributed by atoms with Crippen LogP contribution in [0.15, 0.2) is 18.2 Å². The molecule has 27 heavy (non-hydrogen) atoms. The lowest BCUT2D eigenvalue weighted by Crippen LogP contribution is -2.55. The van der Waals surface area contributed by atoms with Crippen LogP contribution in [-0.4, -0.2) is 66.5 Å². The van der Waals surface area contributed by atoms with Gasteiger partial charge in [-0.25, -0.2) is 0 Å². The van der Waals surface area contributed by atoms with Crippen LogP contribution in [0.2, 0.25) is 0 Å². The van der Waals surface area contributed by atoms with Gasteiger partial charge in [0.25, 0.3) is 0 Å². The van der Waals surface area contributed by atoms with Crippen LogP contribution in [0.25, 0.3) is 0 Å². The van der Waals surface area contributed by atoms with E-state index in [-0.39, 0.29) is 17.9 Å². The highest BCUT2D eigenvalue weighted by Crippen LogP contribution is 2.20. The van der Waals surface area contributed by atoms with Crippen LogP contribution in [0.5, 0.6) is 5.75 Å². The summed E-state index contributed by atoms with van der Waals surface area (Å²) in [5.41, 5.74) is 2.23. The number of carbonyl (C=O) groups excluding carboxylic acids is 2. The maximum absolute atomic E-state index is 12.5. The van der Waals surface area contributed by atoms with E-state index in [1.165, 1.54) is 0 Å². The molecule has 2 aliphatic rings. The first-order valence-electron chi connectivity index (χ1n) is 9.96. The van der Waals surface area contributed by atoms with Crippen molar-refractivity contribution in [3.05, 3.63) is 29.3 Å². The number of hydrogen-bond acceptors (Lipinski definition) is 4. The fraction of sp³-hybridized carbons (Fsp3) is 0.619. The summed E-state index contributed by atoms with van der Waals surface area (Å²) in [4.78, 5) is 28.7. The molecule has 1 aromatic rings. The first kappa shape index (κ1) is 19.7. The number of nitrogens with one attached hydrogen (secondary N) is 1. The lowest BCUT2D eigenvalue weighted by molar-refractivity contribution is -0.134. The molecule has 1 aliphatic heterocycles. The van der Waals surface area contributed by atoms with E-state index in [4.69, 9.17) is 4.74 Å². The average Bonchev–Trinajstić information content (AvgIpc) is 3.48. The van der Waals surface area contributed by atoms with Gasteiger partial charge in [0.05, 0.1) is 19.1 Å². The van der Waals surface area contributed by atoms with Crippen molar-refractivity contribution < 1.29 is 14.3 Å². The number of benzene rings is 1. The molecule has 1 aliphatic carbocycles. The average molecular weight is 373 g/mol. The number of hydrogen-bond donors (Lipinski definition) is 1. The summed E-state index contributed by atoms with van der Waals surface area (Å²) in [6, 6.07) is 6.35. The molecule has 1 N–H and O–H groups in total. The van der Waals surface area contributed by atoms with Gasteiger partial charge in [0, 0.05) is 32.2 Å². The highest BCUT2D eigenvalue weighted by Gasteiger charge is 2.30. The van der Waals surface area contributed by atoms with E-state index >= 15 is 0 Å². The number of piperazine rings is 1. The number of nitrogens with zero attached hydrogens (tertiary/aromatic N) is 2. The minimum atomic E-state index is -0.129. The molecule has 2 amide bonds. The quantitative estimate of drug-likeness (QED) is 0.793. The Labute approximate surface area is 161 Å². The molecule has 6 nitrogen and oxygen atoms in total. The van der Waals surface area contributed by atoms with Crippen LogP contribution in [0, 0.1) is 13.8 Å². The van der Waals surface area contributed by atoms with Crippen molar-refractivity contribution in [2.24, 2.45) is 0 Å². The molecule has 2 fully saturated rings. The molecule has 0 aromatic heterocycles. The summed E-state index contributed by atoms with van der Waals surface area (Å²) in [5.74, 6) is 1.08. The van der Waals surface area contributed by atoms with Crippen LogP contribution < -0.4 is 10.1 Å². The third kappa shape index (κ3) is 5.45. The molecule has 148 valence electrons. The minimum Gasteiger partial charge on any atom is -0.493 e. The number of ether oxygens (including phenoxy) is 1. The molecule has 1 saturated carbocycles. The van der Waals surface area contributed by atoms with E-state index in [2.05, 4.69) is 16.3 Å². The van der Waals surface area contributed by atoms with E-state index in [0.29, 0.717) is 32.2 Å². The molecule has 3 rings (SSSR count). The molecule has 1 atom stereocenters. The smallest absolute Gasteiger partial charge is 0.237 e. The minimum absolute atomic E-state index is 0.110. The van der Waals surface area contributed by atoms with Crippen molar-refractivity contribution in [2.45, 2.75) is 52.1 Å². The molecule has 0 radical (unpaired) electrons. The lowest BCUT2D eigenvalue weighted by atomic mass is 10.1. The van der Waals surface area contributed by atoms with Gasteiger partial charge in [-0.15, -0.1) is 0 Å². The van der Waals surface area contributed by atoms with Crippen molar-refractivity contribution in [3.8, 4) is 5.75 Å². The summed E-state index contributed by atoms with van der Waals surface area (Å²) in [6.45, 7) is 9.20. The van der Waals surface area contributed by atoms with E-state index in [0.717, 1.165) is 42.8 Å². The zero-order valence-electron chi connectivity index (χ0n) is 16.7. The SMILES string of the molecule is Cc1ccc(C)c(OCCC(=O)N2CCN(C(C)C(=O)NC3CC3)CC2)c1. The van der Waals surface area contributed by atoms with Crippen LogP contribution in [0.1, 0.15) is 37.3 Å². The summed E-state index contributed by atoms with van der Waals surface area (Å²) in [7, 11) is 0. The number of carbonyl (C=O) groups is 2. The summed E-state index contributed by atoms with van der Waals surface area (Å²) in [5, 5.41) is 3.06. The molecule has 0 bridgehead atoms. The van der Waals surface area contributed by atoms with Gasteiger partial charge >= 0.3 is 0 Å². The van der Waals surface area contributed by atoms with E-state index in [1.54, 1.807) is 0 Å². The first-order valence-corrected chi connectivity index (χ1v) is 9.96. The molecule has 1 saturated heterocycles. The van der Waals surface area contributed by atoms with Gasteiger partial charge in [-0.05, 0) is 50.8 Å². The Hall–Kier alpha value is -2.08. The van der Waals surface area contributed by atoms with E-state index < -0.39 is 0 Å². The molecule has 1 aromatic carbocycles.